The number of hydrogen-bond acceptors (Lipinski definition) is 2. The van der Waals surface area contributed by atoms with Crippen LogP contribution in [0.2, 0.25) is 0 Å². The van der Waals surface area contributed by atoms with Gasteiger partial charge >= 0.3 is 0 Å². The van der Waals surface area contributed by atoms with Crippen LogP contribution in [0.1, 0.15) is 42.4 Å². The molecule has 0 aliphatic rings. The maximum absolute atomic E-state index is 6.38. The summed E-state index contributed by atoms with van der Waals surface area (Å²) in [6, 6.07) is 19.8. The van der Waals surface area contributed by atoms with Gasteiger partial charge in [0.05, 0.1) is 0 Å². The van der Waals surface area contributed by atoms with Gasteiger partial charge in [-0.15, -0.1) is 0 Å². The molecule has 0 saturated carbocycles. The summed E-state index contributed by atoms with van der Waals surface area (Å²) in [5, 5.41) is 3.24. The SMILES string of the molecule is C=CNCCC(CCCC(N)Cc1ccc(C)cc1)Cc1ccccc1. The third-order valence-electron chi connectivity index (χ3n) is 5.01. The molecule has 0 heterocycles. The molecule has 2 aromatic rings. The average Bonchev–Trinajstić information content (AvgIpc) is 2.64. The van der Waals surface area contributed by atoms with Gasteiger partial charge < -0.3 is 11.1 Å². The molecule has 0 fully saturated rings. The van der Waals surface area contributed by atoms with Crippen LogP contribution in [-0.2, 0) is 12.8 Å². The number of aryl methyl sites for hydroxylation is 1. The fraction of sp³-hybridized carbons (Fsp3) is 0.417. The first-order valence-electron chi connectivity index (χ1n) is 9.86. The molecule has 0 radical (unpaired) electrons. The predicted molar refractivity (Wildman–Crippen MR) is 113 cm³/mol. The second-order valence-electron chi connectivity index (χ2n) is 7.38. The molecule has 0 spiro atoms. The fourth-order valence-corrected chi connectivity index (χ4v) is 3.48. The van der Waals surface area contributed by atoms with Crippen LogP contribution in [0.4, 0.5) is 0 Å². The molecule has 3 N–H and O–H groups in total. The molecule has 2 unspecified atom stereocenters. The Morgan fingerprint density at radius 2 is 1.62 bits per heavy atom. The minimum Gasteiger partial charge on any atom is -0.391 e. The Kier molecular flexibility index (Phi) is 8.99. The maximum Gasteiger partial charge on any atom is 0.0144 e. The highest BCUT2D eigenvalue weighted by Gasteiger charge is 2.11. The first-order chi connectivity index (χ1) is 12.7. The van der Waals surface area contributed by atoms with Gasteiger partial charge in [-0.2, -0.15) is 0 Å². The molecule has 0 bridgehead atoms. The van der Waals surface area contributed by atoms with E-state index in [1.807, 2.05) is 0 Å². The Bertz CT molecular complexity index is 618. The Labute approximate surface area is 159 Å². The summed E-state index contributed by atoms with van der Waals surface area (Å²) in [5.41, 5.74) is 10.5. The zero-order valence-corrected chi connectivity index (χ0v) is 16.2. The highest BCUT2D eigenvalue weighted by Crippen LogP contribution is 2.19. The van der Waals surface area contributed by atoms with Crippen molar-refractivity contribution in [2.24, 2.45) is 11.7 Å². The Morgan fingerprint density at radius 3 is 2.31 bits per heavy atom. The van der Waals surface area contributed by atoms with Gasteiger partial charge in [0.15, 0.2) is 0 Å². The predicted octanol–water partition coefficient (Wildman–Crippen LogP) is 5.02. The molecule has 0 amide bonds. The third-order valence-corrected chi connectivity index (χ3v) is 5.01. The highest BCUT2D eigenvalue weighted by molar-refractivity contribution is 5.22. The van der Waals surface area contributed by atoms with Crippen molar-refractivity contribution in [1.82, 2.24) is 5.32 Å². The summed E-state index contributed by atoms with van der Waals surface area (Å²) < 4.78 is 0. The second-order valence-corrected chi connectivity index (χ2v) is 7.38. The molecule has 2 heteroatoms. The number of nitrogens with two attached hydrogens (primary N) is 1. The van der Waals surface area contributed by atoms with Crippen LogP contribution in [0.3, 0.4) is 0 Å². The first kappa shape index (κ1) is 20.3. The van der Waals surface area contributed by atoms with Crippen molar-refractivity contribution in [3.05, 3.63) is 84.1 Å². The second kappa shape index (κ2) is 11.5. The van der Waals surface area contributed by atoms with E-state index in [4.69, 9.17) is 5.73 Å². The van der Waals surface area contributed by atoms with Crippen molar-refractivity contribution >= 4 is 0 Å². The molecular formula is C24H34N2. The summed E-state index contributed by atoms with van der Waals surface area (Å²) in [6.07, 6.45) is 8.60. The van der Waals surface area contributed by atoms with E-state index in [0.29, 0.717) is 5.92 Å². The standard InChI is InChI=1S/C24H34N2/c1-3-26-17-16-22(18-21-8-5-4-6-9-21)10-7-11-24(25)19-23-14-12-20(2)13-15-23/h3-6,8-9,12-15,22,24,26H,1,7,10-11,16-19,25H2,2H3. The van der Waals surface area contributed by atoms with Crippen molar-refractivity contribution in [2.45, 2.75) is 51.5 Å². The number of rotatable bonds is 12. The van der Waals surface area contributed by atoms with Crippen LogP contribution in [0.25, 0.3) is 0 Å². The Morgan fingerprint density at radius 1 is 0.923 bits per heavy atom. The Hall–Kier alpha value is -2.06. The van der Waals surface area contributed by atoms with Crippen molar-refractivity contribution in [1.29, 1.82) is 0 Å². The van der Waals surface area contributed by atoms with Crippen molar-refractivity contribution in [3.8, 4) is 0 Å². The van der Waals surface area contributed by atoms with Gasteiger partial charge in [0.1, 0.15) is 0 Å². The average molecular weight is 351 g/mol. The number of nitrogens with one attached hydrogen (secondary N) is 1. The normalized spacial score (nSPS) is 13.2. The van der Waals surface area contributed by atoms with Gasteiger partial charge in [0.2, 0.25) is 0 Å². The third kappa shape index (κ3) is 7.88. The molecule has 0 aromatic heterocycles. The molecule has 2 rings (SSSR count). The summed E-state index contributed by atoms with van der Waals surface area (Å²) in [7, 11) is 0. The molecule has 140 valence electrons. The van der Waals surface area contributed by atoms with E-state index in [-0.39, 0.29) is 6.04 Å². The smallest absolute Gasteiger partial charge is 0.0144 e. The lowest BCUT2D eigenvalue weighted by molar-refractivity contribution is 0.412. The minimum atomic E-state index is 0.251. The van der Waals surface area contributed by atoms with E-state index in [1.165, 1.54) is 36.0 Å². The van der Waals surface area contributed by atoms with E-state index in [1.54, 1.807) is 6.20 Å². The highest BCUT2D eigenvalue weighted by atomic mass is 14.8. The van der Waals surface area contributed by atoms with E-state index in [9.17, 15) is 0 Å². The van der Waals surface area contributed by atoms with E-state index in [0.717, 1.165) is 25.8 Å². The lowest BCUT2D eigenvalue weighted by Crippen LogP contribution is -2.23. The van der Waals surface area contributed by atoms with Crippen molar-refractivity contribution in [2.75, 3.05) is 6.54 Å². The maximum atomic E-state index is 6.38. The van der Waals surface area contributed by atoms with Gasteiger partial charge in [0.25, 0.3) is 0 Å². The van der Waals surface area contributed by atoms with Crippen molar-refractivity contribution < 1.29 is 0 Å². The molecular weight excluding hydrogens is 316 g/mol. The zero-order chi connectivity index (χ0) is 18.6. The first-order valence-corrected chi connectivity index (χ1v) is 9.86. The lowest BCUT2D eigenvalue weighted by atomic mass is 9.90. The van der Waals surface area contributed by atoms with Crippen LogP contribution in [0, 0.1) is 12.8 Å². The van der Waals surface area contributed by atoms with Crippen LogP contribution in [0.5, 0.6) is 0 Å². The van der Waals surface area contributed by atoms with Crippen LogP contribution in [0.15, 0.2) is 67.4 Å². The van der Waals surface area contributed by atoms with Crippen LogP contribution < -0.4 is 11.1 Å². The van der Waals surface area contributed by atoms with Gasteiger partial charge in [-0.3, -0.25) is 0 Å². The van der Waals surface area contributed by atoms with Crippen LogP contribution >= 0.6 is 0 Å². The van der Waals surface area contributed by atoms with Crippen molar-refractivity contribution in [3.63, 3.8) is 0 Å². The zero-order valence-electron chi connectivity index (χ0n) is 16.2. The van der Waals surface area contributed by atoms with Gasteiger partial charge in [0, 0.05) is 12.6 Å². The largest absolute Gasteiger partial charge is 0.391 e. The summed E-state index contributed by atoms with van der Waals surface area (Å²) in [4.78, 5) is 0. The van der Waals surface area contributed by atoms with E-state index in [2.05, 4.69) is 73.4 Å². The summed E-state index contributed by atoms with van der Waals surface area (Å²) >= 11 is 0. The number of hydrogen-bond donors (Lipinski definition) is 2. The lowest BCUT2D eigenvalue weighted by Gasteiger charge is -2.19. The van der Waals surface area contributed by atoms with Gasteiger partial charge in [-0.05, 0) is 55.9 Å². The number of benzene rings is 2. The van der Waals surface area contributed by atoms with E-state index < -0.39 is 0 Å². The van der Waals surface area contributed by atoms with Crippen LogP contribution in [-0.4, -0.2) is 12.6 Å². The summed E-state index contributed by atoms with van der Waals surface area (Å²) in [6.45, 7) is 6.86. The van der Waals surface area contributed by atoms with Gasteiger partial charge in [-0.25, -0.2) is 0 Å². The molecule has 2 aromatic carbocycles. The Balaban J connectivity index is 1.77. The molecule has 0 aliphatic carbocycles. The summed E-state index contributed by atoms with van der Waals surface area (Å²) in [5.74, 6) is 0.691. The molecule has 0 aliphatic heterocycles. The molecule has 26 heavy (non-hydrogen) atoms. The molecule has 2 atom stereocenters. The van der Waals surface area contributed by atoms with Gasteiger partial charge in [-0.1, -0.05) is 79.6 Å². The fourth-order valence-electron chi connectivity index (χ4n) is 3.48. The molecule has 0 saturated heterocycles. The topological polar surface area (TPSA) is 38.0 Å². The monoisotopic (exact) mass is 350 g/mol. The molecule has 2 nitrogen and oxygen atoms in total. The quantitative estimate of drug-likeness (QED) is 0.528. The minimum absolute atomic E-state index is 0.251. The van der Waals surface area contributed by atoms with E-state index >= 15 is 0 Å².